The Morgan fingerprint density at radius 3 is 2.58 bits per heavy atom. The van der Waals surface area contributed by atoms with Crippen LogP contribution in [0.3, 0.4) is 0 Å². The molecule has 0 aromatic rings. The molecule has 12 heavy (non-hydrogen) atoms. The third-order valence-corrected chi connectivity index (χ3v) is 3.04. The van der Waals surface area contributed by atoms with Crippen LogP contribution in [-0.2, 0) is 0 Å². The highest BCUT2D eigenvalue weighted by Crippen LogP contribution is 2.39. The number of nitrogens with one attached hydrogen (secondary N) is 1. The molecular formula is C11H21N. The Morgan fingerprint density at radius 2 is 2.08 bits per heavy atom. The van der Waals surface area contributed by atoms with E-state index in [1.54, 1.807) is 11.1 Å². The summed E-state index contributed by atoms with van der Waals surface area (Å²) in [5.74, 6) is 0. The molecule has 0 amide bonds. The molecule has 1 rings (SSSR count). The largest absolute Gasteiger partial charge is 0.316 e. The number of rotatable bonds is 2. The van der Waals surface area contributed by atoms with Gasteiger partial charge in [0.15, 0.2) is 0 Å². The second-order valence-electron chi connectivity index (χ2n) is 4.53. The van der Waals surface area contributed by atoms with Gasteiger partial charge >= 0.3 is 0 Å². The van der Waals surface area contributed by atoms with Gasteiger partial charge in [0.25, 0.3) is 0 Å². The maximum Gasteiger partial charge on any atom is 0.0169 e. The van der Waals surface area contributed by atoms with E-state index in [4.69, 9.17) is 0 Å². The van der Waals surface area contributed by atoms with Crippen molar-refractivity contribution in [3.05, 3.63) is 11.1 Å². The molecule has 1 N–H and O–H groups in total. The number of allylic oxidation sites excluding steroid dienone is 1. The fraction of sp³-hybridized carbons (Fsp3) is 0.818. The maximum absolute atomic E-state index is 3.27. The fourth-order valence-electron chi connectivity index (χ4n) is 2.24. The van der Waals surface area contributed by atoms with Crippen LogP contribution >= 0.6 is 0 Å². The minimum atomic E-state index is 0.436. The van der Waals surface area contributed by atoms with Crippen molar-refractivity contribution < 1.29 is 0 Å². The van der Waals surface area contributed by atoms with Crippen LogP contribution < -0.4 is 5.32 Å². The fourth-order valence-corrected chi connectivity index (χ4v) is 2.24. The standard InChI is InChI=1S/C11H21N/c1-9-6-5-7-11(2,3)10(9)8-12-4/h12H,5-8H2,1-4H3. The van der Waals surface area contributed by atoms with Gasteiger partial charge < -0.3 is 5.32 Å². The Labute approximate surface area is 76.2 Å². The van der Waals surface area contributed by atoms with Crippen molar-refractivity contribution in [2.75, 3.05) is 13.6 Å². The summed E-state index contributed by atoms with van der Waals surface area (Å²) in [5, 5.41) is 3.27. The SMILES string of the molecule is CNCC1=C(C)CCCC1(C)C. The molecule has 0 unspecified atom stereocenters. The second kappa shape index (κ2) is 3.61. The highest BCUT2D eigenvalue weighted by Gasteiger charge is 2.27. The van der Waals surface area contributed by atoms with E-state index in [0.717, 1.165) is 6.54 Å². The Balaban J connectivity index is 2.84. The molecule has 1 nitrogen and oxygen atoms in total. The molecule has 0 saturated carbocycles. The minimum absolute atomic E-state index is 0.436. The van der Waals surface area contributed by atoms with Crippen molar-refractivity contribution in [3.63, 3.8) is 0 Å². The van der Waals surface area contributed by atoms with Crippen LogP contribution in [0.1, 0.15) is 40.0 Å². The van der Waals surface area contributed by atoms with Crippen molar-refractivity contribution in [1.82, 2.24) is 5.32 Å². The Morgan fingerprint density at radius 1 is 1.42 bits per heavy atom. The van der Waals surface area contributed by atoms with Crippen molar-refractivity contribution in [1.29, 1.82) is 0 Å². The van der Waals surface area contributed by atoms with E-state index in [0.29, 0.717) is 5.41 Å². The molecular weight excluding hydrogens is 146 g/mol. The summed E-state index contributed by atoms with van der Waals surface area (Å²) in [4.78, 5) is 0. The normalized spacial score (nSPS) is 23.0. The van der Waals surface area contributed by atoms with E-state index >= 15 is 0 Å². The summed E-state index contributed by atoms with van der Waals surface area (Å²) in [7, 11) is 2.03. The molecule has 1 aliphatic rings. The molecule has 0 saturated heterocycles. The van der Waals surface area contributed by atoms with E-state index in [9.17, 15) is 0 Å². The summed E-state index contributed by atoms with van der Waals surface area (Å²) < 4.78 is 0. The maximum atomic E-state index is 3.27. The molecule has 0 spiro atoms. The molecule has 0 aliphatic heterocycles. The smallest absolute Gasteiger partial charge is 0.0169 e. The topological polar surface area (TPSA) is 12.0 Å². The van der Waals surface area contributed by atoms with Crippen molar-refractivity contribution in [2.24, 2.45) is 5.41 Å². The zero-order valence-corrected chi connectivity index (χ0v) is 8.83. The third-order valence-electron chi connectivity index (χ3n) is 3.04. The van der Waals surface area contributed by atoms with E-state index in [2.05, 4.69) is 26.1 Å². The molecule has 0 radical (unpaired) electrons. The molecule has 0 fully saturated rings. The molecule has 0 heterocycles. The van der Waals surface area contributed by atoms with Gasteiger partial charge in [-0.05, 0) is 38.6 Å². The lowest BCUT2D eigenvalue weighted by atomic mass is 9.73. The number of likely N-dealkylation sites (N-methyl/N-ethyl adjacent to an activating group) is 1. The van der Waals surface area contributed by atoms with Crippen molar-refractivity contribution >= 4 is 0 Å². The van der Waals surface area contributed by atoms with E-state index in [1.165, 1.54) is 19.3 Å². The summed E-state index contributed by atoms with van der Waals surface area (Å²) >= 11 is 0. The lowest BCUT2D eigenvalue weighted by Crippen LogP contribution is -2.27. The van der Waals surface area contributed by atoms with Crippen LogP contribution in [0.25, 0.3) is 0 Å². The van der Waals surface area contributed by atoms with Gasteiger partial charge in [0, 0.05) is 6.54 Å². The second-order valence-corrected chi connectivity index (χ2v) is 4.53. The first-order chi connectivity index (χ1) is 5.58. The summed E-state index contributed by atoms with van der Waals surface area (Å²) in [6, 6.07) is 0. The number of hydrogen-bond acceptors (Lipinski definition) is 1. The highest BCUT2D eigenvalue weighted by molar-refractivity contribution is 5.23. The van der Waals surface area contributed by atoms with Gasteiger partial charge in [-0.2, -0.15) is 0 Å². The lowest BCUT2D eigenvalue weighted by molar-refractivity contribution is 0.357. The Hall–Kier alpha value is -0.300. The first-order valence-corrected chi connectivity index (χ1v) is 4.91. The zero-order chi connectivity index (χ0) is 9.19. The van der Waals surface area contributed by atoms with Crippen LogP contribution in [0, 0.1) is 5.41 Å². The quantitative estimate of drug-likeness (QED) is 0.624. The van der Waals surface area contributed by atoms with E-state index < -0.39 is 0 Å². The first kappa shape index (κ1) is 9.79. The molecule has 70 valence electrons. The average molecular weight is 167 g/mol. The third kappa shape index (κ3) is 1.89. The van der Waals surface area contributed by atoms with Crippen LogP contribution in [0.5, 0.6) is 0 Å². The summed E-state index contributed by atoms with van der Waals surface area (Å²) in [6.45, 7) is 8.08. The Kier molecular flexibility index (Phi) is 2.94. The average Bonchev–Trinajstić information content (AvgIpc) is 1.97. The van der Waals surface area contributed by atoms with Gasteiger partial charge in [-0.1, -0.05) is 25.0 Å². The summed E-state index contributed by atoms with van der Waals surface area (Å²) in [5.41, 5.74) is 3.68. The van der Waals surface area contributed by atoms with E-state index in [-0.39, 0.29) is 0 Å². The predicted octanol–water partition coefficient (Wildman–Crippen LogP) is 2.73. The van der Waals surface area contributed by atoms with E-state index in [1.807, 2.05) is 7.05 Å². The van der Waals surface area contributed by atoms with Gasteiger partial charge in [0.05, 0.1) is 0 Å². The molecule has 0 atom stereocenters. The molecule has 1 aliphatic carbocycles. The lowest BCUT2D eigenvalue weighted by Gasteiger charge is -2.34. The van der Waals surface area contributed by atoms with Crippen LogP contribution in [0.2, 0.25) is 0 Å². The molecule has 0 bridgehead atoms. The van der Waals surface area contributed by atoms with Gasteiger partial charge in [-0.3, -0.25) is 0 Å². The van der Waals surface area contributed by atoms with Crippen LogP contribution in [0.4, 0.5) is 0 Å². The Bertz CT molecular complexity index is 189. The van der Waals surface area contributed by atoms with Crippen molar-refractivity contribution in [2.45, 2.75) is 40.0 Å². The molecule has 0 aromatic heterocycles. The van der Waals surface area contributed by atoms with Crippen LogP contribution in [0.15, 0.2) is 11.1 Å². The van der Waals surface area contributed by atoms with Crippen molar-refractivity contribution in [3.8, 4) is 0 Å². The minimum Gasteiger partial charge on any atom is -0.316 e. The molecule has 0 aromatic carbocycles. The van der Waals surface area contributed by atoms with Gasteiger partial charge in [-0.25, -0.2) is 0 Å². The first-order valence-electron chi connectivity index (χ1n) is 4.91. The molecule has 1 heteroatoms. The highest BCUT2D eigenvalue weighted by atomic mass is 14.8. The zero-order valence-electron chi connectivity index (χ0n) is 8.83. The van der Waals surface area contributed by atoms with Gasteiger partial charge in [0.2, 0.25) is 0 Å². The van der Waals surface area contributed by atoms with Crippen LogP contribution in [-0.4, -0.2) is 13.6 Å². The number of hydrogen-bond donors (Lipinski definition) is 1. The van der Waals surface area contributed by atoms with Gasteiger partial charge in [-0.15, -0.1) is 0 Å². The monoisotopic (exact) mass is 167 g/mol. The van der Waals surface area contributed by atoms with Gasteiger partial charge in [0.1, 0.15) is 0 Å². The summed E-state index contributed by atoms with van der Waals surface area (Å²) in [6.07, 6.45) is 4.02. The predicted molar refractivity (Wildman–Crippen MR) is 54.3 cm³/mol.